The molecular formula is C13H19N3S2. The fourth-order valence-corrected chi connectivity index (χ4v) is 3.38. The monoisotopic (exact) mass is 281 g/mol. The second kappa shape index (κ2) is 6.99. The van der Waals surface area contributed by atoms with Crippen LogP contribution < -0.4 is 5.32 Å². The molecule has 18 heavy (non-hydrogen) atoms. The van der Waals surface area contributed by atoms with E-state index < -0.39 is 0 Å². The summed E-state index contributed by atoms with van der Waals surface area (Å²) >= 11 is 3.55. The maximum absolute atomic E-state index is 4.31. The van der Waals surface area contributed by atoms with Gasteiger partial charge in [0, 0.05) is 34.8 Å². The Morgan fingerprint density at radius 2 is 2.11 bits per heavy atom. The SMILES string of the molecule is CCNCc1ccc(CN(C)Cc2cscn2)s1. The van der Waals surface area contributed by atoms with E-state index in [9.17, 15) is 0 Å². The van der Waals surface area contributed by atoms with Gasteiger partial charge in [0.25, 0.3) is 0 Å². The van der Waals surface area contributed by atoms with Crippen LogP contribution in [0.1, 0.15) is 22.4 Å². The third-order valence-electron chi connectivity index (χ3n) is 2.61. The molecule has 0 unspecified atom stereocenters. The fourth-order valence-electron chi connectivity index (χ4n) is 1.76. The van der Waals surface area contributed by atoms with E-state index in [1.165, 1.54) is 9.75 Å². The lowest BCUT2D eigenvalue weighted by molar-refractivity contribution is 0.318. The van der Waals surface area contributed by atoms with Gasteiger partial charge < -0.3 is 5.32 Å². The van der Waals surface area contributed by atoms with Crippen LogP contribution in [0.3, 0.4) is 0 Å². The zero-order valence-electron chi connectivity index (χ0n) is 10.8. The molecule has 0 fully saturated rings. The molecule has 1 N–H and O–H groups in total. The van der Waals surface area contributed by atoms with Crippen molar-refractivity contribution in [3.05, 3.63) is 38.5 Å². The van der Waals surface area contributed by atoms with Crippen molar-refractivity contribution in [1.82, 2.24) is 15.2 Å². The quantitative estimate of drug-likeness (QED) is 0.846. The van der Waals surface area contributed by atoms with Crippen LogP contribution in [-0.2, 0) is 19.6 Å². The Hall–Kier alpha value is -0.750. The van der Waals surface area contributed by atoms with Gasteiger partial charge in [0.05, 0.1) is 11.2 Å². The van der Waals surface area contributed by atoms with E-state index in [4.69, 9.17) is 0 Å². The van der Waals surface area contributed by atoms with E-state index in [-0.39, 0.29) is 0 Å². The predicted molar refractivity (Wildman–Crippen MR) is 79.0 cm³/mol. The summed E-state index contributed by atoms with van der Waals surface area (Å²) < 4.78 is 0. The Bertz CT molecular complexity index is 451. The molecule has 0 atom stereocenters. The van der Waals surface area contributed by atoms with Crippen molar-refractivity contribution in [3.8, 4) is 0 Å². The van der Waals surface area contributed by atoms with Crippen molar-refractivity contribution in [3.63, 3.8) is 0 Å². The zero-order valence-corrected chi connectivity index (χ0v) is 12.5. The zero-order chi connectivity index (χ0) is 12.8. The van der Waals surface area contributed by atoms with Gasteiger partial charge in [-0.15, -0.1) is 22.7 Å². The van der Waals surface area contributed by atoms with E-state index in [1.807, 2.05) is 16.8 Å². The lowest BCUT2D eigenvalue weighted by Gasteiger charge is -2.13. The van der Waals surface area contributed by atoms with E-state index in [2.05, 4.69) is 46.7 Å². The minimum atomic E-state index is 0.921. The number of nitrogens with one attached hydrogen (secondary N) is 1. The molecular weight excluding hydrogens is 262 g/mol. The van der Waals surface area contributed by atoms with Crippen LogP contribution >= 0.6 is 22.7 Å². The predicted octanol–water partition coefficient (Wildman–Crippen LogP) is 2.95. The molecule has 0 bridgehead atoms. The summed E-state index contributed by atoms with van der Waals surface area (Å²) in [7, 11) is 2.14. The van der Waals surface area contributed by atoms with Gasteiger partial charge in [-0.1, -0.05) is 6.92 Å². The van der Waals surface area contributed by atoms with Gasteiger partial charge in [0.1, 0.15) is 0 Å². The summed E-state index contributed by atoms with van der Waals surface area (Å²) in [5.41, 5.74) is 3.05. The number of rotatable bonds is 7. The first kappa shape index (κ1) is 13.7. The Morgan fingerprint density at radius 3 is 2.83 bits per heavy atom. The van der Waals surface area contributed by atoms with E-state index in [1.54, 1.807) is 11.3 Å². The summed E-state index contributed by atoms with van der Waals surface area (Å²) in [5.74, 6) is 0. The lowest BCUT2D eigenvalue weighted by atomic mass is 10.3. The van der Waals surface area contributed by atoms with Crippen molar-refractivity contribution in [2.75, 3.05) is 13.6 Å². The molecule has 0 aliphatic carbocycles. The molecule has 0 amide bonds. The normalized spacial score (nSPS) is 11.3. The van der Waals surface area contributed by atoms with Crippen LogP contribution in [0.2, 0.25) is 0 Å². The molecule has 0 spiro atoms. The summed E-state index contributed by atoms with van der Waals surface area (Å²) in [5, 5.41) is 5.47. The maximum Gasteiger partial charge on any atom is 0.0795 e. The molecule has 0 aromatic carbocycles. The van der Waals surface area contributed by atoms with Gasteiger partial charge in [-0.3, -0.25) is 4.90 Å². The molecule has 0 saturated heterocycles. The standard InChI is InChI=1S/C13H19N3S2/c1-3-14-6-12-4-5-13(18-12)8-16(2)7-11-9-17-10-15-11/h4-5,9-10,14H,3,6-8H2,1-2H3. The first-order valence-corrected chi connectivity index (χ1v) is 7.87. The summed E-state index contributed by atoms with van der Waals surface area (Å²) in [6, 6.07) is 4.45. The average Bonchev–Trinajstić information content (AvgIpc) is 2.98. The second-order valence-corrected chi connectivity index (χ2v) is 6.27. The molecule has 98 valence electrons. The highest BCUT2D eigenvalue weighted by Crippen LogP contribution is 2.18. The molecule has 2 aromatic heterocycles. The largest absolute Gasteiger partial charge is 0.312 e. The molecule has 2 heterocycles. The molecule has 0 aliphatic rings. The Balaban J connectivity index is 1.83. The Kier molecular flexibility index (Phi) is 5.31. The van der Waals surface area contributed by atoms with Gasteiger partial charge in [-0.25, -0.2) is 4.98 Å². The molecule has 0 saturated carbocycles. The van der Waals surface area contributed by atoms with Crippen LogP contribution in [0.25, 0.3) is 0 Å². The number of thiazole rings is 1. The number of hydrogen-bond donors (Lipinski definition) is 1. The van der Waals surface area contributed by atoms with E-state index >= 15 is 0 Å². The third kappa shape index (κ3) is 4.17. The molecule has 2 rings (SSSR count). The topological polar surface area (TPSA) is 28.2 Å². The number of nitrogens with zero attached hydrogens (tertiary/aromatic N) is 2. The van der Waals surface area contributed by atoms with Gasteiger partial charge in [0.15, 0.2) is 0 Å². The average molecular weight is 281 g/mol. The molecule has 0 aliphatic heterocycles. The van der Waals surface area contributed by atoms with Crippen molar-refractivity contribution >= 4 is 22.7 Å². The fraction of sp³-hybridized carbons (Fsp3) is 0.462. The number of aromatic nitrogens is 1. The minimum Gasteiger partial charge on any atom is -0.312 e. The molecule has 5 heteroatoms. The Labute approximate surface area is 116 Å². The number of thiophene rings is 1. The minimum absolute atomic E-state index is 0.921. The lowest BCUT2D eigenvalue weighted by Crippen LogP contribution is -2.16. The van der Waals surface area contributed by atoms with Crippen molar-refractivity contribution in [2.24, 2.45) is 0 Å². The second-order valence-electron chi connectivity index (χ2n) is 4.30. The molecule has 2 aromatic rings. The van der Waals surface area contributed by atoms with Crippen LogP contribution in [0.4, 0.5) is 0 Å². The van der Waals surface area contributed by atoms with Crippen molar-refractivity contribution in [2.45, 2.75) is 26.6 Å². The van der Waals surface area contributed by atoms with Gasteiger partial charge in [-0.2, -0.15) is 0 Å². The van der Waals surface area contributed by atoms with Gasteiger partial charge in [-0.05, 0) is 25.7 Å². The summed E-state index contributed by atoms with van der Waals surface area (Å²) in [6.07, 6.45) is 0. The summed E-state index contributed by atoms with van der Waals surface area (Å²) in [4.78, 5) is 9.45. The van der Waals surface area contributed by atoms with Crippen LogP contribution in [0, 0.1) is 0 Å². The van der Waals surface area contributed by atoms with Crippen LogP contribution in [0.5, 0.6) is 0 Å². The van der Waals surface area contributed by atoms with E-state index in [0.29, 0.717) is 0 Å². The highest BCUT2D eigenvalue weighted by Gasteiger charge is 2.05. The van der Waals surface area contributed by atoms with Crippen molar-refractivity contribution < 1.29 is 0 Å². The first-order valence-electron chi connectivity index (χ1n) is 6.12. The first-order chi connectivity index (χ1) is 8.78. The van der Waals surface area contributed by atoms with E-state index in [0.717, 1.165) is 31.9 Å². The highest BCUT2D eigenvalue weighted by atomic mass is 32.1. The highest BCUT2D eigenvalue weighted by molar-refractivity contribution is 7.11. The smallest absolute Gasteiger partial charge is 0.0795 e. The van der Waals surface area contributed by atoms with Crippen LogP contribution in [0.15, 0.2) is 23.0 Å². The maximum atomic E-state index is 4.31. The van der Waals surface area contributed by atoms with Crippen molar-refractivity contribution in [1.29, 1.82) is 0 Å². The third-order valence-corrected chi connectivity index (χ3v) is 4.31. The summed E-state index contributed by atoms with van der Waals surface area (Å²) in [6.45, 7) is 6.06. The molecule has 0 radical (unpaired) electrons. The number of hydrogen-bond acceptors (Lipinski definition) is 5. The van der Waals surface area contributed by atoms with Crippen LogP contribution in [-0.4, -0.2) is 23.5 Å². The van der Waals surface area contributed by atoms with Gasteiger partial charge >= 0.3 is 0 Å². The Morgan fingerprint density at radius 1 is 1.28 bits per heavy atom. The molecule has 3 nitrogen and oxygen atoms in total. The van der Waals surface area contributed by atoms with Gasteiger partial charge in [0.2, 0.25) is 0 Å².